The molecule has 0 amide bonds. The average molecular weight is 251 g/mol. The summed E-state index contributed by atoms with van der Waals surface area (Å²) in [5.41, 5.74) is 7.07. The lowest BCUT2D eigenvalue weighted by Crippen LogP contribution is -2.25. The molecule has 1 aromatic carbocycles. The van der Waals surface area contributed by atoms with Gasteiger partial charge in [-0.3, -0.25) is 0 Å². The number of methoxy groups -OCH3 is 1. The average Bonchev–Trinajstić information content (AvgIpc) is 2.38. The highest BCUT2D eigenvalue weighted by Gasteiger charge is 2.15. The molecule has 1 aromatic rings. The summed E-state index contributed by atoms with van der Waals surface area (Å²) in [6, 6.07) is 6.09. The van der Waals surface area contributed by atoms with Crippen molar-refractivity contribution in [3.63, 3.8) is 0 Å². The lowest BCUT2D eigenvalue weighted by atomic mass is 9.90. The Balaban J connectivity index is 2.62. The Kier molecular flexibility index (Phi) is 5.48. The Hall–Kier alpha value is -1.22. The van der Waals surface area contributed by atoms with Crippen molar-refractivity contribution in [3.8, 4) is 11.5 Å². The van der Waals surface area contributed by atoms with Gasteiger partial charge in [0, 0.05) is 0 Å². The molecule has 0 heterocycles. The van der Waals surface area contributed by atoms with Crippen molar-refractivity contribution in [3.05, 3.63) is 23.8 Å². The van der Waals surface area contributed by atoms with Crippen molar-refractivity contribution in [2.75, 3.05) is 20.3 Å². The van der Waals surface area contributed by atoms with E-state index in [4.69, 9.17) is 15.2 Å². The molecule has 0 aliphatic heterocycles. The third-order valence-electron chi connectivity index (χ3n) is 3.23. The van der Waals surface area contributed by atoms with Crippen LogP contribution in [-0.4, -0.2) is 20.3 Å². The van der Waals surface area contributed by atoms with Gasteiger partial charge >= 0.3 is 0 Å². The van der Waals surface area contributed by atoms with E-state index in [0.29, 0.717) is 13.2 Å². The Morgan fingerprint density at radius 3 is 2.50 bits per heavy atom. The summed E-state index contributed by atoms with van der Waals surface area (Å²) in [6.45, 7) is 7.74. The van der Waals surface area contributed by atoms with Gasteiger partial charge in [-0.05, 0) is 42.5 Å². The lowest BCUT2D eigenvalue weighted by molar-refractivity contribution is 0.226. The largest absolute Gasteiger partial charge is 0.493 e. The molecule has 0 aliphatic carbocycles. The maximum atomic E-state index is 5.78. The summed E-state index contributed by atoms with van der Waals surface area (Å²) in [5, 5.41) is 0. The van der Waals surface area contributed by atoms with Crippen molar-refractivity contribution in [2.45, 2.75) is 33.6 Å². The van der Waals surface area contributed by atoms with Crippen LogP contribution < -0.4 is 15.2 Å². The highest BCUT2D eigenvalue weighted by Crippen LogP contribution is 2.29. The summed E-state index contributed by atoms with van der Waals surface area (Å²) >= 11 is 0. The first-order valence-corrected chi connectivity index (χ1v) is 6.52. The van der Waals surface area contributed by atoms with E-state index in [1.807, 2.05) is 12.1 Å². The van der Waals surface area contributed by atoms with E-state index in [9.17, 15) is 0 Å². The summed E-state index contributed by atoms with van der Waals surface area (Å²) in [7, 11) is 1.67. The predicted molar refractivity (Wildman–Crippen MR) is 75.3 cm³/mol. The second kappa shape index (κ2) is 6.64. The fourth-order valence-electron chi connectivity index (χ4n) is 1.59. The molecule has 0 radical (unpaired) electrons. The number of ether oxygens (including phenoxy) is 2. The molecule has 0 unspecified atom stereocenters. The summed E-state index contributed by atoms with van der Waals surface area (Å²) < 4.78 is 11.1. The second-order valence-corrected chi connectivity index (χ2v) is 5.31. The first kappa shape index (κ1) is 14.8. The number of hydrogen-bond acceptors (Lipinski definition) is 3. The minimum atomic E-state index is 0.122. The Morgan fingerprint density at radius 1 is 1.22 bits per heavy atom. The predicted octanol–water partition coefficient (Wildman–Crippen LogP) is 3.01. The van der Waals surface area contributed by atoms with E-state index >= 15 is 0 Å². The molecule has 0 spiro atoms. The van der Waals surface area contributed by atoms with Crippen LogP contribution in [0.2, 0.25) is 0 Å². The van der Waals surface area contributed by atoms with E-state index in [1.165, 1.54) is 5.56 Å². The minimum Gasteiger partial charge on any atom is -0.493 e. The first-order chi connectivity index (χ1) is 8.52. The third kappa shape index (κ3) is 4.22. The van der Waals surface area contributed by atoms with E-state index in [2.05, 4.69) is 26.8 Å². The molecule has 18 heavy (non-hydrogen) atoms. The molecule has 3 nitrogen and oxygen atoms in total. The van der Waals surface area contributed by atoms with Crippen LogP contribution in [0, 0.1) is 5.41 Å². The zero-order chi connectivity index (χ0) is 13.6. The van der Waals surface area contributed by atoms with Gasteiger partial charge in [0.25, 0.3) is 0 Å². The van der Waals surface area contributed by atoms with Crippen LogP contribution in [0.3, 0.4) is 0 Å². The van der Waals surface area contributed by atoms with E-state index in [-0.39, 0.29) is 5.41 Å². The van der Waals surface area contributed by atoms with Crippen LogP contribution in [0.5, 0.6) is 11.5 Å². The third-order valence-corrected chi connectivity index (χ3v) is 3.23. The molecular weight excluding hydrogens is 226 g/mol. The summed E-state index contributed by atoms with van der Waals surface area (Å²) in [6.07, 6.45) is 1.93. The number of hydrogen-bond donors (Lipinski definition) is 1. The Bertz CT molecular complexity index is 375. The van der Waals surface area contributed by atoms with Gasteiger partial charge in [-0.25, -0.2) is 0 Å². The van der Waals surface area contributed by atoms with E-state index in [1.54, 1.807) is 7.11 Å². The molecule has 102 valence electrons. The maximum absolute atomic E-state index is 5.78. The van der Waals surface area contributed by atoms with Crippen molar-refractivity contribution in [1.29, 1.82) is 0 Å². The highest BCUT2D eigenvalue weighted by atomic mass is 16.5. The lowest BCUT2D eigenvalue weighted by Gasteiger charge is -2.22. The fraction of sp³-hybridized carbons (Fsp3) is 0.600. The maximum Gasteiger partial charge on any atom is 0.161 e. The number of benzene rings is 1. The van der Waals surface area contributed by atoms with Gasteiger partial charge in [0.15, 0.2) is 11.5 Å². The van der Waals surface area contributed by atoms with Gasteiger partial charge < -0.3 is 15.2 Å². The van der Waals surface area contributed by atoms with Gasteiger partial charge in [-0.2, -0.15) is 0 Å². The standard InChI is InChI=1S/C15H25NO2/c1-5-12-6-7-13(14(10-12)17-4)18-9-8-15(2,3)11-16/h6-7,10H,5,8-9,11,16H2,1-4H3. The molecule has 1 rings (SSSR count). The molecule has 0 bridgehead atoms. The van der Waals surface area contributed by atoms with Crippen LogP contribution in [0.25, 0.3) is 0 Å². The minimum absolute atomic E-state index is 0.122. The molecule has 0 aromatic heterocycles. The number of aryl methyl sites for hydroxylation is 1. The smallest absolute Gasteiger partial charge is 0.161 e. The van der Waals surface area contributed by atoms with Crippen molar-refractivity contribution in [1.82, 2.24) is 0 Å². The van der Waals surface area contributed by atoms with Gasteiger partial charge in [-0.1, -0.05) is 26.8 Å². The van der Waals surface area contributed by atoms with Crippen molar-refractivity contribution < 1.29 is 9.47 Å². The zero-order valence-electron chi connectivity index (χ0n) is 12.0. The van der Waals surface area contributed by atoms with Crippen LogP contribution in [0.4, 0.5) is 0 Å². The monoisotopic (exact) mass is 251 g/mol. The van der Waals surface area contributed by atoms with Gasteiger partial charge in [0.2, 0.25) is 0 Å². The fourth-order valence-corrected chi connectivity index (χ4v) is 1.59. The van der Waals surface area contributed by atoms with Crippen LogP contribution in [-0.2, 0) is 6.42 Å². The Labute approximate surface area is 110 Å². The van der Waals surface area contributed by atoms with Crippen LogP contribution >= 0.6 is 0 Å². The van der Waals surface area contributed by atoms with Gasteiger partial charge in [0.05, 0.1) is 13.7 Å². The summed E-state index contributed by atoms with van der Waals surface area (Å²) in [4.78, 5) is 0. The molecule has 0 aliphatic rings. The van der Waals surface area contributed by atoms with Gasteiger partial charge in [0.1, 0.15) is 0 Å². The molecule has 2 N–H and O–H groups in total. The number of nitrogens with two attached hydrogens (primary N) is 1. The molecule has 0 saturated heterocycles. The second-order valence-electron chi connectivity index (χ2n) is 5.31. The van der Waals surface area contributed by atoms with Gasteiger partial charge in [-0.15, -0.1) is 0 Å². The van der Waals surface area contributed by atoms with E-state index in [0.717, 1.165) is 24.3 Å². The normalized spacial score (nSPS) is 11.4. The zero-order valence-corrected chi connectivity index (χ0v) is 12.0. The topological polar surface area (TPSA) is 44.5 Å². The highest BCUT2D eigenvalue weighted by molar-refractivity contribution is 5.42. The molecular formula is C15H25NO2. The molecule has 0 fully saturated rings. The SMILES string of the molecule is CCc1ccc(OCCC(C)(C)CN)c(OC)c1. The molecule has 0 atom stereocenters. The van der Waals surface area contributed by atoms with Crippen LogP contribution in [0.15, 0.2) is 18.2 Å². The molecule has 3 heteroatoms. The molecule has 0 saturated carbocycles. The van der Waals surface area contributed by atoms with Crippen LogP contribution in [0.1, 0.15) is 32.8 Å². The van der Waals surface area contributed by atoms with Crippen molar-refractivity contribution in [2.24, 2.45) is 11.1 Å². The first-order valence-electron chi connectivity index (χ1n) is 6.52. The quantitative estimate of drug-likeness (QED) is 0.810. The number of rotatable bonds is 7. The summed E-state index contributed by atoms with van der Waals surface area (Å²) in [5.74, 6) is 1.61. The van der Waals surface area contributed by atoms with Crippen molar-refractivity contribution >= 4 is 0 Å². The van der Waals surface area contributed by atoms with E-state index < -0.39 is 0 Å². The Morgan fingerprint density at radius 2 is 1.94 bits per heavy atom.